The van der Waals surface area contributed by atoms with E-state index in [1.165, 1.54) is 6.92 Å². The van der Waals surface area contributed by atoms with Gasteiger partial charge in [-0.3, -0.25) is 14.4 Å². The maximum absolute atomic E-state index is 16.9. The minimum Gasteiger partial charge on any atom is -0.463 e. The Morgan fingerprint density at radius 1 is 1.14 bits per heavy atom. The minimum absolute atomic E-state index is 0.00494. The molecule has 4 fully saturated rings. The van der Waals surface area contributed by atoms with Gasteiger partial charge in [0.05, 0.1) is 0 Å². The van der Waals surface area contributed by atoms with Gasteiger partial charge in [0.15, 0.2) is 17.2 Å². The summed E-state index contributed by atoms with van der Waals surface area (Å²) >= 11 is 0. The van der Waals surface area contributed by atoms with Gasteiger partial charge in [-0.1, -0.05) is 13.8 Å². The molecule has 0 unspecified atom stereocenters. The van der Waals surface area contributed by atoms with Gasteiger partial charge in [-0.2, -0.15) is 0 Å². The van der Waals surface area contributed by atoms with Crippen LogP contribution in [-0.2, 0) is 19.1 Å². The molecule has 4 aliphatic rings. The maximum atomic E-state index is 16.9. The van der Waals surface area contributed by atoms with E-state index in [2.05, 4.69) is 0 Å². The Bertz CT molecular complexity index is 737. The van der Waals surface area contributed by atoms with Crippen molar-refractivity contribution in [3.63, 3.8) is 0 Å². The first-order valence-corrected chi connectivity index (χ1v) is 11.1. The number of aliphatic hydroxyl groups is 1. The van der Waals surface area contributed by atoms with Gasteiger partial charge in [0.2, 0.25) is 0 Å². The van der Waals surface area contributed by atoms with E-state index in [4.69, 9.17) is 4.74 Å². The van der Waals surface area contributed by atoms with E-state index in [0.717, 1.165) is 12.8 Å². The fraction of sp³-hybridized carbons (Fsp3) is 0.870. The Morgan fingerprint density at radius 3 is 2.48 bits per heavy atom. The molecule has 0 aromatic carbocycles. The Kier molecular flexibility index (Phi) is 4.96. The van der Waals surface area contributed by atoms with Gasteiger partial charge in [-0.25, -0.2) is 4.39 Å². The number of alkyl halides is 1. The lowest BCUT2D eigenvalue weighted by molar-refractivity contribution is -0.204. The molecule has 162 valence electrons. The van der Waals surface area contributed by atoms with Crippen LogP contribution in [0.25, 0.3) is 0 Å². The topological polar surface area (TPSA) is 80.7 Å². The van der Waals surface area contributed by atoms with Crippen molar-refractivity contribution in [1.29, 1.82) is 0 Å². The van der Waals surface area contributed by atoms with Gasteiger partial charge >= 0.3 is 5.97 Å². The molecule has 6 heteroatoms. The molecular formula is C23H33FO5. The normalized spacial score (nSPS) is 49.0. The Hall–Kier alpha value is -1.30. The summed E-state index contributed by atoms with van der Waals surface area (Å²) in [5.41, 5.74) is -3.17. The van der Waals surface area contributed by atoms with E-state index in [-0.39, 0.29) is 53.7 Å². The number of aliphatic hydroxyl groups excluding tert-OH is 1. The third-order valence-corrected chi connectivity index (χ3v) is 9.32. The van der Waals surface area contributed by atoms with Crippen LogP contribution in [0.2, 0.25) is 0 Å². The van der Waals surface area contributed by atoms with Crippen LogP contribution in [-0.4, -0.2) is 41.0 Å². The Morgan fingerprint density at radius 2 is 1.83 bits per heavy atom. The second-order valence-corrected chi connectivity index (χ2v) is 10.5. The third-order valence-electron chi connectivity index (χ3n) is 9.32. The smallest absolute Gasteiger partial charge is 0.302 e. The number of rotatable bonds is 3. The second-order valence-electron chi connectivity index (χ2n) is 10.5. The SMILES string of the molecule is CC(=O)O[C@H]1CC[C@@]2(C)[C@@H](CC[C@H]3[C@@H]4CC[C@H](C(=O)CO)[C@@]4(C)CC(=O)[C@@]32F)C1. The van der Waals surface area contributed by atoms with E-state index >= 15 is 4.39 Å². The fourth-order valence-corrected chi connectivity index (χ4v) is 7.92. The van der Waals surface area contributed by atoms with Gasteiger partial charge in [-0.05, 0) is 62.2 Å². The molecule has 0 aliphatic heterocycles. The molecule has 0 amide bonds. The largest absolute Gasteiger partial charge is 0.463 e. The number of fused-ring (bicyclic) bond motifs is 5. The lowest BCUT2D eigenvalue weighted by Crippen LogP contribution is -2.68. The molecule has 0 aromatic rings. The zero-order valence-corrected chi connectivity index (χ0v) is 17.7. The highest BCUT2D eigenvalue weighted by Crippen LogP contribution is 2.69. The molecule has 29 heavy (non-hydrogen) atoms. The number of hydrogen-bond acceptors (Lipinski definition) is 5. The van der Waals surface area contributed by atoms with Crippen LogP contribution < -0.4 is 0 Å². The molecule has 4 rings (SSSR count). The van der Waals surface area contributed by atoms with Gasteiger partial charge < -0.3 is 9.84 Å². The summed E-state index contributed by atoms with van der Waals surface area (Å²) < 4.78 is 22.4. The van der Waals surface area contributed by atoms with Crippen LogP contribution in [0.1, 0.15) is 72.1 Å². The number of carbonyl (C=O) groups excluding carboxylic acids is 3. The summed E-state index contributed by atoms with van der Waals surface area (Å²) in [6, 6.07) is 0. The number of ketones is 2. The third kappa shape index (κ3) is 2.77. The van der Waals surface area contributed by atoms with Gasteiger partial charge in [-0.15, -0.1) is 0 Å². The van der Waals surface area contributed by atoms with Crippen LogP contribution in [0, 0.1) is 34.5 Å². The minimum atomic E-state index is -1.88. The number of ether oxygens (including phenoxy) is 1. The number of hydrogen-bond donors (Lipinski definition) is 1. The van der Waals surface area contributed by atoms with Crippen molar-refractivity contribution >= 4 is 17.5 Å². The first-order chi connectivity index (χ1) is 13.6. The highest BCUT2D eigenvalue weighted by molar-refractivity contribution is 5.92. The highest BCUT2D eigenvalue weighted by Gasteiger charge is 2.72. The lowest BCUT2D eigenvalue weighted by atomic mass is 9.42. The highest BCUT2D eigenvalue weighted by atomic mass is 19.1. The zero-order valence-electron chi connectivity index (χ0n) is 17.7. The molecule has 8 atom stereocenters. The summed E-state index contributed by atoms with van der Waals surface area (Å²) in [6.07, 6.45) is 4.48. The second kappa shape index (κ2) is 6.86. The van der Waals surface area contributed by atoms with Gasteiger partial charge in [0.1, 0.15) is 12.7 Å². The number of Topliss-reactive ketones (excluding diaryl/α,β-unsaturated/α-hetero) is 2. The Balaban J connectivity index is 1.65. The van der Waals surface area contributed by atoms with Crippen LogP contribution in [0.4, 0.5) is 4.39 Å². The molecule has 0 saturated heterocycles. The van der Waals surface area contributed by atoms with E-state index in [1.807, 2.05) is 13.8 Å². The summed E-state index contributed by atoms with van der Waals surface area (Å²) in [5, 5.41) is 9.39. The lowest BCUT2D eigenvalue weighted by Gasteiger charge is -2.62. The molecule has 5 nitrogen and oxygen atoms in total. The molecule has 0 spiro atoms. The van der Waals surface area contributed by atoms with Crippen molar-refractivity contribution in [3.05, 3.63) is 0 Å². The van der Waals surface area contributed by atoms with Crippen LogP contribution in [0.15, 0.2) is 0 Å². The molecule has 0 heterocycles. The molecule has 0 bridgehead atoms. The molecular weight excluding hydrogens is 375 g/mol. The number of carbonyl (C=O) groups is 3. The molecule has 0 aromatic heterocycles. The van der Waals surface area contributed by atoms with Crippen LogP contribution in [0.5, 0.6) is 0 Å². The van der Waals surface area contributed by atoms with E-state index < -0.39 is 23.1 Å². The van der Waals surface area contributed by atoms with Crippen LogP contribution in [0.3, 0.4) is 0 Å². The van der Waals surface area contributed by atoms with Gasteiger partial charge in [0, 0.05) is 30.6 Å². The van der Waals surface area contributed by atoms with Crippen molar-refractivity contribution in [2.24, 2.45) is 34.5 Å². The zero-order chi connectivity index (χ0) is 21.2. The molecule has 0 radical (unpaired) electrons. The van der Waals surface area contributed by atoms with Crippen molar-refractivity contribution in [1.82, 2.24) is 0 Å². The van der Waals surface area contributed by atoms with E-state index in [9.17, 15) is 19.5 Å². The molecule has 4 aliphatic carbocycles. The quantitative estimate of drug-likeness (QED) is 0.724. The predicted octanol–water partition coefficient (Wildman–Crippen LogP) is 3.41. The maximum Gasteiger partial charge on any atom is 0.302 e. The molecule has 4 saturated carbocycles. The van der Waals surface area contributed by atoms with Crippen molar-refractivity contribution in [2.75, 3.05) is 6.61 Å². The summed E-state index contributed by atoms with van der Waals surface area (Å²) in [7, 11) is 0. The van der Waals surface area contributed by atoms with Crippen LogP contribution >= 0.6 is 0 Å². The summed E-state index contributed by atoms with van der Waals surface area (Å²) in [4.78, 5) is 37.1. The number of esters is 1. The number of halogens is 1. The van der Waals surface area contributed by atoms with Crippen molar-refractivity contribution in [3.8, 4) is 0 Å². The fourth-order valence-electron chi connectivity index (χ4n) is 7.92. The van der Waals surface area contributed by atoms with Crippen molar-refractivity contribution < 1.29 is 28.6 Å². The predicted molar refractivity (Wildman–Crippen MR) is 104 cm³/mol. The van der Waals surface area contributed by atoms with E-state index in [0.29, 0.717) is 32.1 Å². The molecule has 1 N–H and O–H groups in total. The van der Waals surface area contributed by atoms with Crippen molar-refractivity contribution in [2.45, 2.75) is 83.9 Å². The van der Waals surface area contributed by atoms with Gasteiger partial charge in [0.25, 0.3) is 0 Å². The first kappa shape index (κ1) is 21.0. The summed E-state index contributed by atoms with van der Waals surface area (Å²) in [5.74, 6) is -1.57. The Labute approximate surface area is 171 Å². The average Bonchev–Trinajstić information content (AvgIpc) is 2.99. The standard InChI is InChI=1S/C23H33FO5/c1-13(26)29-15-8-9-22(3)14(10-15)4-5-17-16-6-7-18(19(27)12-25)21(16,2)11-20(28)23(17,22)24/h14-18,25H,4-12H2,1-3H3/t14-,15-,16-,17-,18+,21-,22-,23-/m0/s1. The monoisotopic (exact) mass is 408 g/mol. The van der Waals surface area contributed by atoms with E-state index in [1.54, 1.807) is 0 Å². The summed E-state index contributed by atoms with van der Waals surface area (Å²) in [6.45, 7) is 4.78. The average molecular weight is 409 g/mol. The first-order valence-electron chi connectivity index (χ1n) is 11.1.